The monoisotopic (exact) mass is 198 g/mol. The van der Waals surface area contributed by atoms with E-state index in [9.17, 15) is 0 Å². The van der Waals surface area contributed by atoms with Crippen molar-refractivity contribution in [3.63, 3.8) is 0 Å². The van der Waals surface area contributed by atoms with E-state index in [-0.39, 0.29) is 5.54 Å². The van der Waals surface area contributed by atoms with E-state index in [2.05, 4.69) is 55.2 Å². The highest BCUT2D eigenvalue weighted by molar-refractivity contribution is 7.27. The van der Waals surface area contributed by atoms with Crippen molar-refractivity contribution in [2.45, 2.75) is 46.1 Å². The number of nitrogens with zero attached hydrogens (tertiary/aromatic N) is 2. The van der Waals surface area contributed by atoms with E-state index in [0.717, 1.165) is 5.44 Å². The summed E-state index contributed by atoms with van der Waals surface area (Å²) in [7, 11) is 2.70. The molecular weight excluding hydrogens is 179 g/mol. The number of aromatic nitrogens is 2. The zero-order chi connectivity index (χ0) is 10.2. The smallest absolute Gasteiger partial charge is 0.0823 e. The highest BCUT2D eigenvalue weighted by Crippen LogP contribution is 2.18. The highest BCUT2D eigenvalue weighted by Gasteiger charge is 2.17. The lowest BCUT2D eigenvalue weighted by atomic mass is 10.1. The van der Waals surface area contributed by atoms with Crippen molar-refractivity contribution >= 4 is 14.7 Å². The van der Waals surface area contributed by atoms with Crippen molar-refractivity contribution in [1.82, 2.24) is 9.78 Å². The SMILES string of the molecule is CC(C)c1cn(C(C)(C)C)nc1P. The molecule has 0 saturated heterocycles. The lowest BCUT2D eigenvalue weighted by Crippen LogP contribution is -2.23. The third-order valence-electron chi connectivity index (χ3n) is 2.08. The summed E-state index contributed by atoms with van der Waals surface area (Å²) in [5.41, 5.74) is 2.48. The van der Waals surface area contributed by atoms with Gasteiger partial charge in [0.1, 0.15) is 0 Å². The van der Waals surface area contributed by atoms with E-state index in [1.54, 1.807) is 0 Å². The zero-order valence-corrected chi connectivity index (χ0v) is 10.3. The molecule has 3 heteroatoms. The minimum Gasteiger partial charge on any atom is -0.267 e. The molecule has 74 valence electrons. The van der Waals surface area contributed by atoms with Crippen molar-refractivity contribution in [2.24, 2.45) is 0 Å². The Labute approximate surface area is 82.9 Å². The number of hydrogen-bond acceptors (Lipinski definition) is 1. The van der Waals surface area contributed by atoms with Crippen molar-refractivity contribution in [1.29, 1.82) is 0 Å². The molecule has 1 atom stereocenters. The maximum atomic E-state index is 4.48. The van der Waals surface area contributed by atoms with E-state index in [4.69, 9.17) is 0 Å². The van der Waals surface area contributed by atoms with Crippen molar-refractivity contribution in [2.75, 3.05) is 0 Å². The molecule has 0 aliphatic rings. The van der Waals surface area contributed by atoms with Crippen LogP contribution in [0.3, 0.4) is 0 Å². The standard InChI is InChI=1S/C10H19N2P/c1-7(2)8-6-12(10(3,4)5)11-9(8)13/h6-7H,13H2,1-5H3. The third kappa shape index (κ3) is 2.31. The summed E-state index contributed by atoms with van der Waals surface area (Å²) in [5.74, 6) is 0.545. The topological polar surface area (TPSA) is 17.8 Å². The fourth-order valence-electron chi connectivity index (χ4n) is 1.19. The quantitative estimate of drug-likeness (QED) is 0.633. The van der Waals surface area contributed by atoms with Gasteiger partial charge >= 0.3 is 0 Å². The van der Waals surface area contributed by atoms with Crippen LogP contribution in [0.2, 0.25) is 0 Å². The molecule has 1 aromatic heterocycles. The lowest BCUT2D eigenvalue weighted by molar-refractivity contribution is 0.357. The third-order valence-corrected chi connectivity index (χ3v) is 2.53. The van der Waals surface area contributed by atoms with Crippen LogP contribution in [-0.2, 0) is 5.54 Å². The van der Waals surface area contributed by atoms with Gasteiger partial charge in [0.25, 0.3) is 0 Å². The minimum atomic E-state index is 0.0818. The van der Waals surface area contributed by atoms with E-state index < -0.39 is 0 Å². The second-order valence-corrected chi connectivity index (χ2v) is 5.29. The maximum absolute atomic E-state index is 4.48. The fourth-order valence-corrected chi connectivity index (χ4v) is 1.72. The van der Waals surface area contributed by atoms with Gasteiger partial charge in [0.05, 0.1) is 11.0 Å². The Morgan fingerprint density at radius 3 is 2.15 bits per heavy atom. The Hall–Kier alpha value is -0.360. The average molecular weight is 198 g/mol. The largest absolute Gasteiger partial charge is 0.267 e. The van der Waals surface area contributed by atoms with E-state index >= 15 is 0 Å². The van der Waals surface area contributed by atoms with Gasteiger partial charge in [-0.05, 0) is 32.3 Å². The van der Waals surface area contributed by atoms with Crippen LogP contribution in [0, 0.1) is 0 Å². The summed E-state index contributed by atoms with van der Waals surface area (Å²) in [6, 6.07) is 0. The molecular formula is C10H19N2P. The van der Waals surface area contributed by atoms with Gasteiger partial charge in [0.15, 0.2) is 0 Å². The predicted molar refractivity (Wildman–Crippen MR) is 60.7 cm³/mol. The Morgan fingerprint density at radius 2 is 1.92 bits per heavy atom. The molecule has 0 fully saturated rings. The average Bonchev–Trinajstić information content (AvgIpc) is 2.29. The first-order valence-corrected chi connectivity index (χ1v) is 5.25. The normalized spacial score (nSPS) is 12.5. The molecule has 0 aliphatic heterocycles. The molecule has 0 bridgehead atoms. The van der Waals surface area contributed by atoms with Crippen molar-refractivity contribution in [3.8, 4) is 0 Å². The van der Waals surface area contributed by atoms with Gasteiger partial charge in [-0.15, -0.1) is 0 Å². The van der Waals surface area contributed by atoms with E-state index in [1.165, 1.54) is 5.56 Å². The number of rotatable bonds is 1. The van der Waals surface area contributed by atoms with Gasteiger partial charge in [-0.2, -0.15) is 5.10 Å². The van der Waals surface area contributed by atoms with Gasteiger partial charge in [-0.25, -0.2) is 0 Å². The van der Waals surface area contributed by atoms with Crippen LogP contribution in [0.5, 0.6) is 0 Å². The molecule has 0 radical (unpaired) electrons. The first-order valence-electron chi connectivity index (χ1n) is 4.68. The summed E-state index contributed by atoms with van der Waals surface area (Å²) in [4.78, 5) is 0. The van der Waals surface area contributed by atoms with Gasteiger partial charge in [-0.3, -0.25) is 4.68 Å². The van der Waals surface area contributed by atoms with Crippen molar-refractivity contribution < 1.29 is 0 Å². The van der Waals surface area contributed by atoms with Gasteiger partial charge in [0, 0.05) is 6.20 Å². The van der Waals surface area contributed by atoms with Crippen LogP contribution >= 0.6 is 9.24 Å². The van der Waals surface area contributed by atoms with E-state index in [1.807, 2.05) is 4.68 Å². The second kappa shape index (κ2) is 3.42. The van der Waals surface area contributed by atoms with E-state index in [0.29, 0.717) is 5.92 Å². The van der Waals surface area contributed by atoms with Gasteiger partial charge in [-0.1, -0.05) is 23.1 Å². The minimum absolute atomic E-state index is 0.0818. The summed E-state index contributed by atoms with van der Waals surface area (Å²) < 4.78 is 2.03. The van der Waals surface area contributed by atoms with Crippen LogP contribution in [0.4, 0.5) is 0 Å². The molecule has 0 N–H and O–H groups in total. The fraction of sp³-hybridized carbons (Fsp3) is 0.700. The van der Waals surface area contributed by atoms with Crippen LogP contribution in [0.15, 0.2) is 6.20 Å². The molecule has 0 saturated carbocycles. The van der Waals surface area contributed by atoms with Crippen LogP contribution in [0.1, 0.15) is 46.1 Å². The molecule has 0 amide bonds. The second-order valence-electron chi connectivity index (χ2n) is 4.74. The van der Waals surface area contributed by atoms with Crippen molar-refractivity contribution in [3.05, 3.63) is 11.8 Å². The molecule has 1 aromatic rings. The summed E-state index contributed by atoms with van der Waals surface area (Å²) in [6.07, 6.45) is 2.15. The Morgan fingerprint density at radius 1 is 1.38 bits per heavy atom. The van der Waals surface area contributed by atoms with Crippen LogP contribution in [-0.4, -0.2) is 9.78 Å². The summed E-state index contributed by atoms with van der Waals surface area (Å²) in [5, 5.41) is 4.48. The molecule has 2 nitrogen and oxygen atoms in total. The molecule has 0 aliphatic carbocycles. The first kappa shape index (κ1) is 10.7. The Kier molecular flexibility index (Phi) is 2.82. The Bertz CT molecular complexity index is 294. The summed E-state index contributed by atoms with van der Waals surface area (Å²) in [6.45, 7) is 10.9. The molecule has 0 aromatic carbocycles. The molecule has 1 unspecified atom stereocenters. The predicted octanol–water partition coefficient (Wildman–Crippen LogP) is 2.26. The van der Waals surface area contributed by atoms with Crippen LogP contribution < -0.4 is 5.44 Å². The maximum Gasteiger partial charge on any atom is 0.0823 e. The summed E-state index contributed by atoms with van der Waals surface area (Å²) >= 11 is 0. The zero-order valence-electron chi connectivity index (χ0n) is 9.13. The Balaban J connectivity index is 3.10. The highest BCUT2D eigenvalue weighted by atomic mass is 31.0. The molecule has 0 spiro atoms. The van der Waals surface area contributed by atoms with Crippen LogP contribution in [0.25, 0.3) is 0 Å². The first-order chi connectivity index (χ1) is 5.82. The molecule has 13 heavy (non-hydrogen) atoms. The number of hydrogen-bond donors (Lipinski definition) is 0. The van der Waals surface area contributed by atoms with Gasteiger partial charge < -0.3 is 0 Å². The molecule has 1 rings (SSSR count). The lowest BCUT2D eigenvalue weighted by Gasteiger charge is -2.18. The van der Waals surface area contributed by atoms with Gasteiger partial charge in [0.2, 0.25) is 0 Å². The molecule has 1 heterocycles.